The molecule has 0 bridgehead atoms. The van der Waals surface area contributed by atoms with Gasteiger partial charge in [-0.15, -0.1) is 0 Å². The molecule has 0 aliphatic rings. The van der Waals surface area contributed by atoms with Crippen molar-refractivity contribution >= 4 is 0 Å². The molecule has 0 aliphatic heterocycles. The van der Waals surface area contributed by atoms with E-state index in [0.29, 0.717) is 6.42 Å². The molecule has 1 rings (SSSR count). The summed E-state index contributed by atoms with van der Waals surface area (Å²) < 4.78 is 12.4. The van der Waals surface area contributed by atoms with E-state index in [1.54, 1.807) is 0 Å². The van der Waals surface area contributed by atoms with Gasteiger partial charge in [0, 0.05) is 12.5 Å². The molecule has 12 heavy (non-hydrogen) atoms. The van der Waals surface area contributed by atoms with Crippen molar-refractivity contribution in [2.45, 2.75) is 12.3 Å². The standard InChI is InChI=1S/C10H13FO/c11-8-10(6-7-12)9-4-2-1-3-5-9/h1-5,10,12H,6-8H2/t10-/m1/s1. The predicted molar refractivity (Wildman–Crippen MR) is 46.9 cm³/mol. The first kappa shape index (κ1) is 9.20. The van der Waals surface area contributed by atoms with Crippen LogP contribution in [0.4, 0.5) is 4.39 Å². The fourth-order valence-electron chi connectivity index (χ4n) is 1.21. The Bertz CT molecular complexity index is 210. The summed E-state index contributed by atoms with van der Waals surface area (Å²) in [5.74, 6) is -0.142. The van der Waals surface area contributed by atoms with Gasteiger partial charge in [0.2, 0.25) is 0 Å². The first-order chi connectivity index (χ1) is 5.88. The third-order valence-corrected chi connectivity index (χ3v) is 1.93. The van der Waals surface area contributed by atoms with Gasteiger partial charge in [-0.1, -0.05) is 30.3 Å². The lowest BCUT2D eigenvalue weighted by Crippen LogP contribution is -2.03. The van der Waals surface area contributed by atoms with Crippen molar-refractivity contribution in [1.29, 1.82) is 0 Å². The second-order valence-corrected chi connectivity index (χ2v) is 2.77. The minimum Gasteiger partial charge on any atom is -0.396 e. The van der Waals surface area contributed by atoms with E-state index < -0.39 is 6.67 Å². The van der Waals surface area contributed by atoms with E-state index in [-0.39, 0.29) is 12.5 Å². The molecule has 1 atom stereocenters. The number of rotatable bonds is 4. The highest BCUT2D eigenvalue weighted by atomic mass is 19.1. The Labute approximate surface area is 71.9 Å². The number of benzene rings is 1. The quantitative estimate of drug-likeness (QED) is 0.730. The lowest BCUT2D eigenvalue weighted by atomic mass is 9.98. The number of hydrogen-bond donors (Lipinski definition) is 1. The van der Waals surface area contributed by atoms with Crippen molar-refractivity contribution in [2.75, 3.05) is 13.3 Å². The van der Waals surface area contributed by atoms with Crippen molar-refractivity contribution in [2.24, 2.45) is 0 Å². The molecular formula is C10H13FO. The SMILES string of the molecule is OCC[C@H](CF)c1ccccc1. The van der Waals surface area contributed by atoms with Gasteiger partial charge in [-0.25, -0.2) is 0 Å². The molecule has 66 valence electrons. The molecular weight excluding hydrogens is 155 g/mol. The highest BCUT2D eigenvalue weighted by Gasteiger charge is 2.08. The molecule has 0 spiro atoms. The lowest BCUT2D eigenvalue weighted by Gasteiger charge is -2.10. The molecule has 0 unspecified atom stereocenters. The Morgan fingerprint density at radius 1 is 1.25 bits per heavy atom. The van der Waals surface area contributed by atoms with E-state index in [1.807, 2.05) is 30.3 Å². The summed E-state index contributed by atoms with van der Waals surface area (Å²) in [4.78, 5) is 0. The van der Waals surface area contributed by atoms with Gasteiger partial charge in [0.05, 0.1) is 6.67 Å². The van der Waals surface area contributed by atoms with Gasteiger partial charge in [-0.2, -0.15) is 0 Å². The molecule has 0 saturated heterocycles. The summed E-state index contributed by atoms with van der Waals surface area (Å²) in [5.41, 5.74) is 0.967. The zero-order valence-electron chi connectivity index (χ0n) is 6.91. The van der Waals surface area contributed by atoms with Crippen LogP contribution >= 0.6 is 0 Å². The van der Waals surface area contributed by atoms with E-state index in [2.05, 4.69) is 0 Å². The topological polar surface area (TPSA) is 20.2 Å². The summed E-state index contributed by atoms with van der Waals surface area (Å²) in [6.07, 6.45) is 0.501. The van der Waals surface area contributed by atoms with Crippen LogP contribution in [0.5, 0.6) is 0 Å². The van der Waals surface area contributed by atoms with Crippen LogP contribution in [0.25, 0.3) is 0 Å². The van der Waals surface area contributed by atoms with E-state index in [1.165, 1.54) is 0 Å². The van der Waals surface area contributed by atoms with Gasteiger partial charge in [-0.3, -0.25) is 4.39 Å². The fraction of sp³-hybridized carbons (Fsp3) is 0.400. The molecule has 0 fully saturated rings. The smallest absolute Gasteiger partial charge is 0.0963 e. The molecule has 0 amide bonds. The van der Waals surface area contributed by atoms with Crippen LogP contribution in [0.15, 0.2) is 30.3 Å². The van der Waals surface area contributed by atoms with E-state index in [9.17, 15) is 4.39 Å². The Balaban J connectivity index is 2.66. The Morgan fingerprint density at radius 3 is 2.42 bits per heavy atom. The predicted octanol–water partition coefficient (Wildman–Crippen LogP) is 2.12. The minimum absolute atomic E-state index is 0.0451. The second-order valence-electron chi connectivity index (χ2n) is 2.77. The van der Waals surface area contributed by atoms with Crippen molar-refractivity contribution in [3.63, 3.8) is 0 Å². The second kappa shape index (κ2) is 4.88. The summed E-state index contributed by atoms with van der Waals surface area (Å²) in [7, 11) is 0. The zero-order valence-corrected chi connectivity index (χ0v) is 6.91. The first-order valence-electron chi connectivity index (χ1n) is 4.10. The summed E-state index contributed by atoms with van der Waals surface area (Å²) in [6, 6.07) is 9.45. The third kappa shape index (κ3) is 2.31. The average molecular weight is 168 g/mol. The number of halogens is 1. The van der Waals surface area contributed by atoms with E-state index >= 15 is 0 Å². The monoisotopic (exact) mass is 168 g/mol. The molecule has 1 aromatic rings. The van der Waals surface area contributed by atoms with Crippen LogP contribution in [-0.4, -0.2) is 18.4 Å². The third-order valence-electron chi connectivity index (χ3n) is 1.93. The largest absolute Gasteiger partial charge is 0.396 e. The van der Waals surface area contributed by atoms with Crippen LogP contribution in [0.2, 0.25) is 0 Å². The minimum atomic E-state index is -0.398. The molecule has 0 aromatic heterocycles. The maximum atomic E-state index is 12.4. The number of alkyl halides is 1. The van der Waals surface area contributed by atoms with E-state index in [4.69, 9.17) is 5.11 Å². The van der Waals surface area contributed by atoms with Gasteiger partial charge in [-0.05, 0) is 12.0 Å². The summed E-state index contributed by atoms with van der Waals surface area (Å²) in [6.45, 7) is -0.353. The van der Waals surface area contributed by atoms with Gasteiger partial charge < -0.3 is 5.11 Å². The van der Waals surface area contributed by atoms with Gasteiger partial charge in [0.25, 0.3) is 0 Å². The van der Waals surface area contributed by atoms with Crippen LogP contribution in [0.3, 0.4) is 0 Å². The molecule has 2 heteroatoms. The number of aliphatic hydroxyl groups is 1. The summed E-state index contributed by atoms with van der Waals surface area (Å²) >= 11 is 0. The van der Waals surface area contributed by atoms with Crippen LogP contribution < -0.4 is 0 Å². The fourth-order valence-corrected chi connectivity index (χ4v) is 1.21. The molecule has 0 heterocycles. The normalized spacial score (nSPS) is 12.8. The molecule has 1 N–H and O–H groups in total. The average Bonchev–Trinajstić information content (AvgIpc) is 2.15. The maximum Gasteiger partial charge on any atom is 0.0963 e. The van der Waals surface area contributed by atoms with Crippen LogP contribution in [0, 0.1) is 0 Å². The van der Waals surface area contributed by atoms with Gasteiger partial charge in [0.1, 0.15) is 0 Å². The Hall–Kier alpha value is -0.890. The van der Waals surface area contributed by atoms with Gasteiger partial charge >= 0.3 is 0 Å². The zero-order chi connectivity index (χ0) is 8.81. The highest BCUT2D eigenvalue weighted by molar-refractivity contribution is 5.19. The van der Waals surface area contributed by atoms with Crippen molar-refractivity contribution < 1.29 is 9.50 Å². The van der Waals surface area contributed by atoms with Gasteiger partial charge in [0.15, 0.2) is 0 Å². The molecule has 0 radical (unpaired) electrons. The summed E-state index contributed by atoms with van der Waals surface area (Å²) in [5, 5.41) is 8.66. The Morgan fingerprint density at radius 2 is 1.92 bits per heavy atom. The first-order valence-corrected chi connectivity index (χ1v) is 4.10. The Kier molecular flexibility index (Phi) is 3.74. The van der Waals surface area contributed by atoms with Crippen molar-refractivity contribution in [3.8, 4) is 0 Å². The molecule has 0 aliphatic carbocycles. The molecule has 1 aromatic carbocycles. The number of hydrogen-bond acceptors (Lipinski definition) is 1. The number of aliphatic hydroxyl groups excluding tert-OH is 1. The molecule has 1 nitrogen and oxygen atoms in total. The van der Waals surface area contributed by atoms with Crippen molar-refractivity contribution in [1.82, 2.24) is 0 Å². The van der Waals surface area contributed by atoms with E-state index in [0.717, 1.165) is 5.56 Å². The highest BCUT2D eigenvalue weighted by Crippen LogP contribution is 2.18. The molecule has 0 saturated carbocycles. The lowest BCUT2D eigenvalue weighted by molar-refractivity contribution is 0.262. The van der Waals surface area contributed by atoms with Crippen LogP contribution in [-0.2, 0) is 0 Å². The maximum absolute atomic E-state index is 12.4. The van der Waals surface area contributed by atoms with Crippen LogP contribution in [0.1, 0.15) is 17.9 Å². The van der Waals surface area contributed by atoms with Crippen molar-refractivity contribution in [3.05, 3.63) is 35.9 Å².